The zero-order chi connectivity index (χ0) is 11.0. The van der Waals surface area contributed by atoms with Crippen molar-refractivity contribution >= 4 is 8.07 Å². The Kier molecular flexibility index (Phi) is 7.25. The summed E-state index contributed by atoms with van der Waals surface area (Å²) in [4.78, 5) is 0. The highest BCUT2D eigenvalue weighted by Crippen LogP contribution is 2.44. The second kappa shape index (κ2) is 7.28. The van der Waals surface area contributed by atoms with E-state index in [0.29, 0.717) is 0 Å². The van der Waals surface area contributed by atoms with Crippen LogP contribution in [0.5, 0.6) is 0 Å². The Hall–Kier alpha value is -0.0431. The normalized spacial score (nSPS) is 24.9. The minimum Gasteiger partial charge on any atom is -0.106 e. The Morgan fingerprint density at radius 3 is 2.00 bits per heavy atom. The quantitative estimate of drug-likeness (QED) is 0.443. The van der Waals surface area contributed by atoms with Crippen LogP contribution < -0.4 is 0 Å². The molecule has 0 saturated carbocycles. The molecule has 0 nitrogen and oxygen atoms in total. The highest BCUT2D eigenvalue weighted by atomic mass is 28.3. The summed E-state index contributed by atoms with van der Waals surface area (Å²) in [6.07, 6.45) is 6.09. The molecule has 1 aliphatic rings. The van der Waals surface area contributed by atoms with Gasteiger partial charge in [0, 0.05) is 0 Å². The van der Waals surface area contributed by atoms with Gasteiger partial charge in [-0.15, -0.1) is 13.2 Å². The van der Waals surface area contributed by atoms with Crippen LogP contribution in [0.25, 0.3) is 0 Å². The summed E-state index contributed by atoms with van der Waals surface area (Å²) in [5.41, 5.74) is 1.17. The minimum absolute atomic E-state index is 0.760. The second-order valence-electron chi connectivity index (χ2n) is 4.42. The summed E-state index contributed by atoms with van der Waals surface area (Å²) in [5.74, 6) is 0. The molecular formula is C13H28Si. The van der Waals surface area contributed by atoms with E-state index in [1.54, 1.807) is 31.0 Å². The molecule has 0 bridgehead atoms. The van der Waals surface area contributed by atoms with Gasteiger partial charge in [0.25, 0.3) is 0 Å². The standard InChI is InChI=1S/C11H24Si.C2H4/c1-4-11-9-7-8-10-12(11,5-2)6-3;1-2/h11H,4-10H2,1-3H3;1-2H2. The van der Waals surface area contributed by atoms with Crippen LogP contribution in [0.2, 0.25) is 23.7 Å². The van der Waals surface area contributed by atoms with Crippen LogP contribution in [0, 0.1) is 0 Å². The summed E-state index contributed by atoms with van der Waals surface area (Å²) in [6, 6.07) is 4.72. The van der Waals surface area contributed by atoms with Crippen molar-refractivity contribution in [1.29, 1.82) is 0 Å². The first-order valence-corrected chi connectivity index (χ1v) is 8.99. The lowest BCUT2D eigenvalue weighted by Gasteiger charge is -2.41. The number of rotatable bonds is 3. The van der Waals surface area contributed by atoms with Crippen molar-refractivity contribution < 1.29 is 0 Å². The maximum atomic E-state index is 3.00. The van der Waals surface area contributed by atoms with Gasteiger partial charge in [-0.1, -0.05) is 64.6 Å². The molecule has 1 heterocycles. The topological polar surface area (TPSA) is 0 Å². The Morgan fingerprint density at radius 1 is 1.07 bits per heavy atom. The predicted octanol–water partition coefficient (Wildman–Crippen LogP) is 5.24. The predicted molar refractivity (Wildman–Crippen MR) is 70.7 cm³/mol. The van der Waals surface area contributed by atoms with E-state index in [0.717, 1.165) is 0 Å². The molecule has 1 atom stereocenters. The van der Waals surface area contributed by atoms with Crippen molar-refractivity contribution in [2.24, 2.45) is 0 Å². The van der Waals surface area contributed by atoms with Gasteiger partial charge >= 0.3 is 0 Å². The van der Waals surface area contributed by atoms with Crippen molar-refractivity contribution in [2.75, 3.05) is 0 Å². The smallest absolute Gasteiger partial charge is 0.0561 e. The molecule has 1 saturated heterocycles. The Bertz CT molecular complexity index is 138. The van der Waals surface area contributed by atoms with Crippen LogP contribution in [-0.4, -0.2) is 8.07 Å². The van der Waals surface area contributed by atoms with Gasteiger partial charge in [0.15, 0.2) is 0 Å². The first-order valence-electron chi connectivity index (χ1n) is 6.29. The monoisotopic (exact) mass is 212 g/mol. The molecule has 1 rings (SSSR count). The fourth-order valence-corrected chi connectivity index (χ4v) is 8.60. The van der Waals surface area contributed by atoms with Gasteiger partial charge in [0.2, 0.25) is 0 Å². The van der Waals surface area contributed by atoms with Gasteiger partial charge in [0.05, 0.1) is 8.07 Å². The average Bonchev–Trinajstić information content (AvgIpc) is 2.31. The fraction of sp³-hybridized carbons (Fsp3) is 0.846. The second-order valence-corrected chi connectivity index (χ2v) is 9.88. The van der Waals surface area contributed by atoms with Crippen LogP contribution >= 0.6 is 0 Å². The molecule has 0 aliphatic carbocycles. The van der Waals surface area contributed by atoms with Gasteiger partial charge in [-0.05, 0) is 5.54 Å². The molecule has 0 aromatic carbocycles. The highest BCUT2D eigenvalue weighted by molar-refractivity contribution is 6.81. The van der Waals surface area contributed by atoms with Crippen LogP contribution in [0.15, 0.2) is 13.2 Å². The molecule has 1 heteroatoms. The molecule has 0 aromatic rings. The van der Waals surface area contributed by atoms with Crippen LogP contribution in [0.3, 0.4) is 0 Å². The van der Waals surface area contributed by atoms with E-state index in [9.17, 15) is 0 Å². The third-order valence-electron chi connectivity index (χ3n) is 4.24. The molecule has 0 N–H and O–H groups in total. The Balaban J connectivity index is 0.000000791. The first-order chi connectivity index (χ1) is 6.79. The highest BCUT2D eigenvalue weighted by Gasteiger charge is 2.38. The lowest BCUT2D eigenvalue weighted by molar-refractivity contribution is 0.584. The zero-order valence-electron chi connectivity index (χ0n) is 10.4. The Morgan fingerprint density at radius 2 is 1.64 bits per heavy atom. The van der Waals surface area contributed by atoms with E-state index in [2.05, 4.69) is 33.9 Å². The van der Waals surface area contributed by atoms with E-state index in [1.165, 1.54) is 18.4 Å². The first kappa shape index (κ1) is 14.0. The molecule has 0 aromatic heterocycles. The van der Waals surface area contributed by atoms with E-state index < -0.39 is 8.07 Å². The Labute approximate surface area is 91.8 Å². The van der Waals surface area contributed by atoms with E-state index in [4.69, 9.17) is 0 Å². The summed E-state index contributed by atoms with van der Waals surface area (Å²) < 4.78 is 0. The maximum Gasteiger partial charge on any atom is 0.0561 e. The van der Waals surface area contributed by atoms with Crippen molar-refractivity contribution in [2.45, 2.75) is 70.1 Å². The van der Waals surface area contributed by atoms with Crippen LogP contribution in [0.4, 0.5) is 0 Å². The zero-order valence-corrected chi connectivity index (χ0v) is 11.4. The molecule has 0 amide bonds. The van der Waals surface area contributed by atoms with E-state index >= 15 is 0 Å². The molecule has 1 aliphatic heterocycles. The molecule has 0 spiro atoms. The molecule has 14 heavy (non-hydrogen) atoms. The number of hydrogen-bond acceptors (Lipinski definition) is 0. The summed E-state index contributed by atoms with van der Waals surface area (Å²) in [7, 11) is -0.760. The molecule has 1 unspecified atom stereocenters. The van der Waals surface area contributed by atoms with Gasteiger partial charge in [0.1, 0.15) is 0 Å². The van der Waals surface area contributed by atoms with Crippen LogP contribution in [0.1, 0.15) is 46.5 Å². The minimum atomic E-state index is -0.760. The van der Waals surface area contributed by atoms with Gasteiger partial charge in [-0.2, -0.15) is 0 Å². The van der Waals surface area contributed by atoms with Crippen molar-refractivity contribution in [3.8, 4) is 0 Å². The van der Waals surface area contributed by atoms with Gasteiger partial charge in [-0.25, -0.2) is 0 Å². The maximum absolute atomic E-state index is 3.00. The van der Waals surface area contributed by atoms with Gasteiger partial charge in [-0.3, -0.25) is 0 Å². The fourth-order valence-electron chi connectivity index (χ4n) is 3.20. The van der Waals surface area contributed by atoms with Crippen molar-refractivity contribution in [3.05, 3.63) is 13.2 Å². The third-order valence-corrected chi connectivity index (χ3v) is 10.8. The van der Waals surface area contributed by atoms with Crippen molar-refractivity contribution in [1.82, 2.24) is 0 Å². The summed E-state index contributed by atoms with van der Waals surface area (Å²) >= 11 is 0. The molecule has 1 fully saturated rings. The lowest BCUT2D eigenvalue weighted by Crippen LogP contribution is -2.40. The van der Waals surface area contributed by atoms with Crippen molar-refractivity contribution in [3.63, 3.8) is 0 Å². The average molecular weight is 212 g/mol. The van der Waals surface area contributed by atoms with E-state index in [-0.39, 0.29) is 0 Å². The lowest BCUT2D eigenvalue weighted by atomic mass is 10.1. The largest absolute Gasteiger partial charge is 0.106 e. The molecular weight excluding hydrogens is 184 g/mol. The van der Waals surface area contributed by atoms with Crippen LogP contribution in [-0.2, 0) is 0 Å². The summed E-state index contributed by atoms with van der Waals surface area (Å²) in [6.45, 7) is 13.3. The molecule has 0 radical (unpaired) electrons. The van der Waals surface area contributed by atoms with Gasteiger partial charge < -0.3 is 0 Å². The molecule has 84 valence electrons. The SMILES string of the molecule is C=C.CCC1CCCC[Si]1(CC)CC. The summed E-state index contributed by atoms with van der Waals surface area (Å²) in [5, 5.41) is 0. The number of hydrogen-bond donors (Lipinski definition) is 0. The van der Waals surface area contributed by atoms with E-state index in [1.807, 2.05) is 0 Å². The third kappa shape index (κ3) is 2.98.